The summed E-state index contributed by atoms with van der Waals surface area (Å²) < 4.78 is 4.58. The van der Waals surface area contributed by atoms with Crippen LogP contribution in [0.15, 0.2) is 35.7 Å². The SMILES string of the molecule is COC(=O)C1=C(C)NC(c2ccc(O)cc2)C(=O)N1. The number of allylic oxidation sites excluding steroid dienone is 1. The maximum atomic E-state index is 12.0. The molecule has 0 aliphatic carbocycles. The number of rotatable bonds is 2. The molecule has 1 amide bonds. The van der Waals surface area contributed by atoms with E-state index in [1.807, 2.05) is 0 Å². The van der Waals surface area contributed by atoms with Gasteiger partial charge in [0.05, 0.1) is 7.11 Å². The lowest BCUT2D eigenvalue weighted by Gasteiger charge is -2.27. The van der Waals surface area contributed by atoms with Crippen LogP contribution in [0.2, 0.25) is 0 Å². The molecular formula is C13H14N2O4. The van der Waals surface area contributed by atoms with Gasteiger partial charge < -0.3 is 20.5 Å². The Hall–Kier alpha value is -2.50. The van der Waals surface area contributed by atoms with E-state index in [1.165, 1.54) is 19.2 Å². The van der Waals surface area contributed by atoms with Crippen molar-refractivity contribution in [1.29, 1.82) is 0 Å². The van der Waals surface area contributed by atoms with E-state index in [9.17, 15) is 14.7 Å². The molecule has 1 aliphatic heterocycles. The van der Waals surface area contributed by atoms with Crippen molar-refractivity contribution in [3.63, 3.8) is 0 Å². The molecule has 1 atom stereocenters. The Labute approximate surface area is 110 Å². The molecule has 1 aliphatic rings. The smallest absolute Gasteiger partial charge is 0.356 e. The number of methoxy groups -OCH3 is 1. The minimum Gasteiger partial charge on any atom is -0.508 e. The highest BCUT2D eigenvalue weighted by Crippen LogP contribution is 2.22. The normalized spacial score (nSPS) is 18.6. The summed E-state index contributed by atoms with van der Waals surface area (Å²) >= 11 is 0. The predicted molar refractivity (Wildman–Crippen MR) is 66.8 cm³/mol. The third-order valence-corrected chi connectivity index (χ3v) is 2.86. The number of esters is 1. The van der Waals surface area contributed by atoms with Crippen LogP contribution in [0.4, 0.5) is 0 Å². The van der Waals surface area contributed by atoms with E-state index in [0.29, 0.717) is 11.3 Å². The molecule has 2 rings (SSSR count). The molecule has 1 aromatic carbocycles. The summed E-state index contributed by atoms with van der Waals surface area (Å²) in [5.74, 6) is -0.818. The van der Waals surface area contributed by atoms with E-state index in [1.54, 1.807) is 19.1 Å². The maximum Gasteiger partial charge on any atom is 0.356 e. The molecule has 1 unspecified atom stereocenters. The van der Waals surface area contributed by atoms with Gasteiger partial charge in [-0.25, -0.2) is 4.79 Å². The summed E-state index contributed by atoms with van der Waals surface area (Å²) in [5.41, 5.74) is 1.34. The molecule has 100 valence electrons. The minimum absolute atomic E-state index is 0.113. The highest BCUT2D eigenvalue weighted by Gasteiger charge is 2.30. The van der Waals surface area contributed by atoms with E-state index < -0.39 is 12.0 Å². The van der Waals surface area contributed by atoms with Crippen molar-refractivity contribution in [2.75, 3.05) is 7.11 Å². The Balaban J connectivity index is 2.28. The van der Waals surface area contributed by atoms with Gasteiger partial charge in [0, 0.05) is 5.70 Å². The molecule has 3 N–H and O–H groups in total. The monoisotopic (exact) mass is 262 g/mol. The number of ether oxygens (including phenoxy) is 1. The van der Waals surface area contributed by atoms with E-state index in [0.717, 1.165) is 0 Å². The number of carbonyl (C=O) groups is 2. The zero-order chi connectivity index (χ0) is 14.0. The lowest BCUT2D eigenvalue weighted by atomic mass is 10.0. The summed E-state index contributed by atoms with van der Waals surface area (Å²) in [5, 5.41) is 14.7. The molecule has 0 radical (unpaired) electrons. The number of hydrogen-bond donors (Lipinski definition) is 3. The molecule has 19 heavy (non-hydrogen) atoms. The number of benzene rings is 1. The molecule has 0 saturated heterocycles. The average molecular weight is 262 g/mol. The fourth-order valence-corrected chi connectivity index (χ4v) is 1.85. The molecule has 0 aromatic heterocycles. The lowest BCUT2D eigenvalue weighted by molar-refractivity contribution is -0.138. The van der Waals surface area contributed by atoms with Crippen LogP contribution in [0.3, 0.4) is 0 Å². The Kier molecular flexibility index (Phi) is 3.41. The third-order valence-electron chi connectivity index (χ3n) is 2.86. The van der Waals surface area contributed by atoms with Gasteiger partial charge in [-0.3, -0.25) is 4.79 Å². The standard InChI is InChI=1S/C13H14N2O4/c1-7-10(13(18)19-2)15-12(17)11(14-7)8-3-5-9(16)6-4-8/h3-6,11,14,16H,1-2H3,(H,15,17). The number of aromatic hydroxyl groups is 1. The number of nitrogens with one attached hydrogen (secondary N) is 2. The van der Waals surface area contributed by atoms with Crippen LogP contribution in [0.5, 0.6) is 5.75 Å². The van der Waals surface area contributed by atoms with Gasteiger partial charge in [0.25, 0.3) is 5.91 Å². The Bertz CT molecular complexity index is 548. The van der Waals surface area contributed by atoms with Crippen LogP contribution in [-0.4, -0.2) is 24.1 Å². The van der Waals surface area contributed by atoms with Crippen LogP contribution in [0, 0.1) is 0 Å². The van der Waals surface area contributed by atoms with E-state index >= 15 is 0 Å². The van der Waals surface area contributed by atoms with Crippen molar-refractivity contribution in [2.24, 2.45) is 0 Å². The van der Waals surface area contributed by atoms with Crippen LogP contribution in [-0.2, 0) is 14.3 Å². The molecule has 0 saturated carbocycles. The fourth-order valence-electron chi connectivity index (χ4n) is 1.85. The van der Waals surface area contributed by atoms with E-state index in [4.69, 9.17) is 0 Å². The molecular weight excluding hydrogens is 248 g/mol. The summed E-state index contributed by atoms with van der Waals surface area (Å²) in [6.07, 6.45) is 0. The Morgan fingerprint density at radius 3 is 2.53 bits per heavy atom. The molecule has 1 heterocycles. The molecule has 1 aromatic rings. The van der Waals surface area contributed by atoms with Crippen molar-refractivity contribution >= 4 is 11.9 Å². The zero-order valence-corrected chi connectivity index (χ0v) is 10.6. The van der Waals surface area contributed by atoms with Crippen LogP contribution in [0.1, 0.15) is 18.5 Å². The van der Waals surface area contributed by atoms with Gasteiger partial charge in [-0.2, -0.15) is 0 Å². The maximum absolute atomic E-state index is 12.0. The number of hydrogen-bond acceptors (Lipinski definition) is 5. The number of carbonyl (C=O) groups excluding carboxylic acids is 2. The highest BCUT2D eigenvalue weighted by molar-refractivity contribution is 5.97. The highest BCUT2D eigenvalue weighted by atomic mass is 16.5. The molecule has 6 heteroatoms. The fraction of sp³-hybridized carbons (Fsp3) is 0.231. The van der Waals surface area contributed by atoms with Gasteiger partial charge in [0.15, 0.2) is 0 Å². The number of phenols is 1. The second-order valence-electron chi connectivity index (χ2n) is 4.15. The quantitative estimate of drug-likeness (QED) is 0.678. The first-order valence-electron chi connectivity index (χ1n) is 5.68. The molecule has 6 nitrogen and oxygen atoms in total. The van der Waals surface area contributed by atoms with Crippen molar-refractivity contribution in [1.82, 2.24) is 10.6 Å². The van der Waals surface area contributed by atoms with Gasteiger partial charge in [-0.1, -0.05) is 12.1 Å². The summed E-state index contributed by atoms with van der Waals surface area (Å²) in [4.78, 5) is 23.4. The van der Waals surface area contributed by atoms with E-state index in [2.05, 4.69) is 15.4 Å². The van der Waals surface area contributed by atoms with Gasteiger partial charge in [0.1, 0.15) is 17.5 Å². The molecule has 0 spiro atoms. The van der Waals surface area contributed by atoms with E-state index in [-0.39, 0.29) is 17.4 Å². The lowest BCUT2D eigenvalue weighted by Crippen LogP contribution is -2.45. The van der Waals surface area contributed by atoms with Crippen molar-refractivity contribution in [2.45, 2.75) is 13.0 Å². The first-order valence-corrected chi connectivity index (χ1v) is 5.68. The Morgan fingerprint density at radius 1 is 1.32 bits per heavy atom. The van der Waals surface area contributed by atoms with Gasteiger partial charge in [-0.15, -0.1) is 0 Å². The van der Waals surface area contributed by atoms with Gasteiger partial charge in [-0.05, 0) is 24.6 Å². The largest absolute Gasteiger partial charge is 0.508 e. The molecule has 0 bridgehead atoms. The summed E-state index contributed by atoms with van der Waals surface area (Å²) in [7, 11) is 1.25. The molecule has 0 fully saturated rings. The second kappa shape index (κ2) is 5.01. The van der Waals surface area contributed by atoms with Gasteiger partial charge in [0.2, 0.25) is 0 Å². The van der Waals surface area contributed by atoms with Crippen LogP contribution in [0.25, 0.3) is 0 Å². The third kappa shape index (κ3) is 2.52. The first kappa shape index (κ1) is 12.9. The average Bonchev–Trinajstić information content (AvgIpc) is 2.41. The van der Waals surface area contributed by atoms with Crippen molar-refractivity contribution in [3.8, 4) is 5.75 Å². The number of amides is 1. The zero-order valence-electron chi connectivity index (χ0n) is 10.6. The summed E-state index contributed by atoms with van der Waals surface area (Å²) in [6.45, 7) is 1.68. The Morgan fingerprint density at radius 2 is 1.95 bits per heavy atom. The van der Waals surface area contributed by atoms with Crippen LogP contribution < -0.4 is 10.6 Å². The van der Waals surface area contributed by atoms with Crippen molar-refractivity contribution in [3.05, 3.63) is 41.2 Å². The minimum atomic E-state index is -0.603. The van der Waals surface area contributed by atoms with Crippen molar-refractivity contribution < 1.29 is 19.4 Å². The predicted octanol–water partition coefficient (Wildman–Crippen LogP) is 0.557. The van der Waals surface area contributed by atoms with Gasteiger partial charge >= 0.3 is 5.97 Å². The number of phenolic OH excluding ortho intramolecular Hbond substituents is 1. The second-order valence-corrected chi connectivity index (χ2v) is 4.15. The van der Waals surface area contributed by atoms with Crippen LogP contribution >= 0.6 is 0 Å². The topological polar surface area (TPSA) is 87.7 Å². The summed E-state index contributed by atoms with van der Waals surface area (Å²) in [6, 6.07) is 5.68. The first-order chi connectivity index (χ1) is 9.02.